The molecule has 1 rings (SSSR count). The van der Waals surface area contributed by atoms with Crippen molar-refractivity contribution in [3.63, 3.8) is 0 Å². The van der Waals surface area contributed by atoms with E-state index in [0.717, 1.165) is 25.8 Å². The summed E-state index contributed by atoms with van der Waals surface area (Å²) >= 11 is 0. The highest BCUT2D eigenvalue weighted by molar-refractivity contribution is 5.76. The molecular formula is C13H26N2O2. The molecule has 1 aliphatic rings. The van der Waals surface area contributed by atoms with Gasteiger partial charge in [0.1, 0.15) is 0 Å². The number of hydrogen-bond donors (Lipinski definition) is 2. The maximum atomic E-state index is 12.1. The molecule has 1 amide bonds. The number of aliphatic hydroxyl groups excluding tert-OH is 1. The zero-order valence-corrected chi connectivity index (χ0v) is 11.1. The van der Waals surface area contributed by atoms with Gasteiger partial charge in [-0.15, -0.1) is 0 Å². The van der Waals surface area contributed by atoms with Gasteiger partial charge in [-0.1, -0.05) is 13.8 Å². The van der Waals surface area contributed by atoms with Gasteiger partial charge in [0.25, 0.3) is 0 Å². The number of nitrogens with zero attached hydrogens (tertiary/aromatic N) is 1. The molecule has 17 heavy (non-hydrogen) atoms. The van der Waals surface area contributed by atoms with Gasteiger partial charge in [0, 0.05) is 19.5 Å². The minimum absolute atomic E-state index is 0.153. The number of carbonyl (C=O) groups excluding carboxylic acids is 1. The number of β-amino-alcohol motifs (C(OH)–C–C–N with tert-alkyl or cyclic N) is 1. The standard InChI is InChI=1S/C13H26N2O2/c1-10(2)6-11(8-14)7-13(17)15-5-3-4-12(16)9-15/h10-12,16H,3-9,14H2,1-2H3/t11-,12-/m0/s1. The van der Waals surface area contributed by atoms with Gasteiger partial charge in [-0.05, 0) is 37.6 Å². The third-order valence-electron chi connectivity index (χ3n) is 3.35. The number of aliphatic hydroxyl groups is 1. The minimum atomic E-state index is -0.339. The van der Waals surface area contributed by atoms with Crippen molar-refractivity contribution >= 4 is 5.91 Å². The third-order valence-corrected chi connectivity index (χ3v) is 3.35. The maximum Gasteiger partial charge on any atom is 0.222 e. The molecule has 100 valence electrons. The van der Waals surface area contributed by atoms with Crippen LogP contribution in [0, 0.1) is 11.8 Å². The Hall–Kier alpha value is -0.610. The Labute approximate surface area is 104 Å². The van der Waals surface area contributed by atoms with Gasteiger partial charge in [0.2, 0.25) is 5.91 Å². The van der Waals surface area contributed by atoms with E-state index in [-0.39, 0.29) is 17.9 Å². The van der Waals surface area contributed by atoms with Gasteiger partial charge in [0.05, 0.1) is 6.10 Å². The minimum Gasteiger partial charge on any atom is -0.391 e. The number of amides is 1. The quantitative estimate of drug-likeness (QED) is 0.755. The molecule has 3 N–H and O–H groups in total. The van der Waals surface area contributed by atoms with Crippen molar-refractivity contribution in [1.29, 1.82) is 0 Å². The molecule has 1 saturated heterocycles. The zero-order chi connectivity index (χ0) is 12.8. The van der Waals surface area contributed by atoms with Gasteiger partial charge >= 0.3 is 0 Å². The zero-order valence-electron chi connectivity index (χ0n) is 11.1. The first-order valence-corrected chi connectivity index (χ1v) is 6.68. The molecule has 0 unspecified atom stereocenters. The summed E-state index contributed by atoms with van der Waals surface area (Å²) in [5.74, 6) is 1.00. The van der Waals surface area contributed by atoms with E-state index in [4.69, 9.17) is 5.73 Å². The fourth-order valence-electron chi connectivity index (χ4n) is 2.49. The number of piperidine rings is 1. The molecule has 0 aromatic rings. The van der Waals surface area contributed by atoms with Crippen molar-refractivity contribution in [2.75, 3.05) is 19.6 Å². The number of nitrogens with two attached hydrogens (primary N) is 1. The van der Waals surface area contributed by atoms with E-state index < -0.39 is 0 Å². The summed E-state index contributed by atoms with van der Waals surface area (Å²) < 4.78 is 0. The lowest BCUT2D eigenvalue weighted by atomic mass is 9.93. The Morgan fingerprint density at radius 2 is 2.24 bits per heavy atom. The smallest absolute Gasteiger partial charge is 0.222 e. The van der Waals surface area contributed by atoms with E-state index in [1.165, 1.54) is 0 Å². The van der Waals surface area contributed by atoms with Crippen LogP contribution in [0.2, 0.25) is 0 Å². The Morgan fingerprint density at radius 1 is 1.53 bits per heavy atom. The van der Waals surface area contributed by atoms with Gasteiger partial charge < -0.3 is 15.7 Å². The number of likely N-dealkylation sites (tertiary alicyclic amines) is 1. The van der Waals surface area contributed by atoms with E-state index in [9.17, 15) is 9.90 Å². The highest BCUT2D eigenvalue weighted by Crippen LogP contribution is 2.18. The van der Waals surface area contributed by atoms with Crippen LogP contribution in [-0.4, -0.2) is 41.7 Å². The Kier molecular flexibility index (Phi) is 5.92. The van der Waals surface area contributed by atoms with Crippen molar-refractivity contribution in [2.45, 2.75) is 45.6 Å². The molecule has 1 fully saturated rings. The fourth-order valence-corrected chi connectivity index (χ4v) is 2.49. The van der Waals surface area contributed by atoms with E-state index >= 15 is 0 Å². The van der Waals surface area contributed by atoms with Crippen molar-refractivity contribution < 1.29 is 9.90 Å². The van der Waals surface area contributed by atoms with Crippen molar-refractivity contribution in [3.8, 4) is 0 Å². The summed E-state index contributed by atoms with van der Waals surface area (Å²) in [7, 11) is 0. The molecule has 0 spiro atoms. The van der Waals surface area contributed by atoms with Crippen LogP contribution in [0.15, 0.2) is 0 Å². The molecule has 0 aliphatic carbocycles. The van der Waals surface area contributed by atoms with Crippen LogP contribution in [0.25, 0.3) is 0 Å². The average Bonchev–Trinajstić information content (AvgIpc) is 2.27. The van der Waals surface area contributed by atoms with E-state index in [0.29, 0.717) is 25.4 Å². The number of carbonyl (C=O) groups is 1. The second-order valence-corrected chi connectivity index (χ2v) is 5.57. The Morgan fingerprint density at radius 3 is 2.76 bits per heavy atom. The third kappa shape index (κ3) is 5.04. The van der Waals surface area contributed by atoms with Crippen LogP contribution < -0.4 is 5.73 Å². The highest BCUT2D eigenvalue weighted by Gasteiger charge is 2.24. The summed E-state index contributed by atoms with van der Waals surface area (Å²) in [6.07, 6.45) is 2.91. The van der Waals surface area contributed by atoms with E-state index in [1.54, 1.807) is 4.90 Å². The lowest BCUT2D eigenvalue weighted by Gasteiger charge is -2.31. The lowest BCUT2D eigenvalue weighted by Crippen LogP contribution is -2.43. The first kappa shape index (κ1) is 14.5. The van der Waals surface area contributed by atoms with Crippen LogP contribution in [0.3, 0.4) is 0 Å². The summed E-state index contributed by atoms with van der Waals surface area (Å²) in [6, 6.07) is 0. The largest absolute Gasteiger partial charge is 0.391 e. The second kappa shape index (κ2) is 6.97. The van der Waals surface area contributed by atoms with Crippen LogP contribution >= 0.6 is 0 Å². The van der Waals surface area contributed by atoms with Crippen molar-refractivity contribution in [3.05, 3.63) is 0 Å². The number of hydrogen-bond acceptors (Lipinski definition) is 3. The maximum absolute atomic E-state index is 12.1. The second-order valence-electron chi connectivity index (χ2n) is 5.57. The molecule has 0 radical (unpaired) electrons. The molecule has 0 saturated carbocycles. The summed E-state index contributed by atoms with van der Waals surface area (Å²) in [6.45, 7) is 6.16. The monoisotopic (exact) mass is 242 g/mol. The van der Waals surface area contributed by atoms with Crippen LogP contribution in [0.4, 0.5) is 0 Å². The predicted molar refractivity (Wildman–Crippen MR) is 68.4 cm³/mol. The molecule has 0 bridgehead atoms. The average molecular weight is 242 g/mol. The topological polar surface area (TPSA) is 66.6 Å². The predicted octanol–water partition coefficient (Wildman–Crippen LogP) is 0.981. The van der Waals surface area contributed by atoms with Gasteiger partial charge in [-0.2, -0.15) is 0 Å². The molecule has 0 aromatic carbocycles. The van der Waals surface area contributed by atoms with Crippen molar-refractivity contribution in [2.24, 2.45) is 17.6 Å². The molecule has 4 nitrogen and oxygen atoms in total. The van der Waals surface area contributed by atoms with Crippen LogP contribution in [-0.2, 0) is 4.79 Å². The summed E-state index contributed by atoms with van der Waals surface area (Å²) in [5, 5.41) is 9.55. The molecular weight excluding hydrogens is 216 g/mol. The summed E-state index contributed by atoms with van der Waals surface area (Å²) in [4.78, 5) is 13.8. The Bertz CT molecular complexity index is 244. The van der Waals surface area contributed by atoms with Gasteiger partial charge in [-0.25, -0.2) is 0 Å². The van der Waals surface area contributed by atoms with Crippen LogP contribution in [0.5, 0.6) is 0 Å². The number of rotatable bonds is 5. The molecule has 1 heterocycles. The Balaban J connectivity index is 2.40. The first-order valence-electron chi connectivity index (χ1n) is 6.68. The first-order chi connectivity index (χ1) is 8.02. The van der Waals surface area contributed by atoms with Crippen molar-refractivity contribution in [1.82, 2.24) is 4.90 Å². The summed E-state index contributed by atoms with van der Waals surface area (Å²) in [5.41, 5.74) is 5.71. The SMILES string of the molecule is CC(C)C[C@H](CN)CC(=O)N1CCC[C@H](O)C1. The lowest BCUT2D eigenvalue weighted by molar-refractivity contribution is -0.135. The molecule has 4 heteroatoms. The molecule has 0 aromatic heterocycles. The molecule has 2 atom stereocenters. The van der Waals surface area contributed by atoms with Gasteiger partial charge in [0.15, 0.2) is 0 Å². The van der Waals surface area contributed by atoms with Crippen LogP contribution in [0.1, 0.15) is 39.5 Å². The normalized spacial score (nSPS) is 22.9. The molecule has 1 aliphatic heterocycles. The fraction of sp³-hybridized carbons (Fsp3) is 0.923. The van der Waals surface area contributed by atoms with Gasteiger partial charge in [-0.3, -0.25) is 4.79 Å². The van der Waals surface area contributed by atoms with E-state index in [2.05, 4.69) is 13.8 Å². The highest BCUT2D eigenvalue weighted by atomic mass is 16.3. The van der Waals surface area contributed by atoms with E-state index in [1.807, 2.05) is 0 Å².